The lowest BCUT2D eigenvalue weighted by molar-refractivity contribution is 0.0698. The highest BCUT2D eigenvalue weighted by molar-refractivity contribution is 6.61. The van der Waals surface area contributed by atoms with Crippen molar-refractivity contribution in [2.75, 3.05) is 52.7 Å². The Morgan fingerprint density at radius 1 is 0.382 bits per heavy atom. The van der Waals surface area contributed by atoms with Crippen LogP contribution in [0.4, 0.5) is 0 Å². The zero-order valence-corrected chi connectivity index (χ0v) is 25.3. The molecule has 0 aromatic carbocycles. The smallest absolute Gasteiger partial charge is 0.374 e. The molecule has 0 aromatic heterocycles. The Labute approximate surface area is 213 Å². The molecule has 0 spiro atoms. The molecule has 0 aliphatic carbocycles. The van der Waals surface area contributed by atoms with E-state index >= 15 is 0 Å². The Morgan fingerprint density at radius 2 is 0.618 bits per heavy atom. The summed E-state index contributed by atoms with van der Waals surface area (Å²) in [6.07, 6.45) is 9.15. The minimum atomic E-state index is -2.39. The maximum Gasteiger partial charge on any atom is 0.500 e. The third kappa shape index (κ3) is 19.3. The lowest BCUT2D eigenvalue weighted by Gasteiger charge is -2.28. The van der Waals surface area contributed by atoms with E-state index in [-0.39, 0.29) is 0 Å². The molecular weight excluding hydrogens is 468 g/mol. The molecule has 4 N–H and O–H groups in total. The molecule has 0 unspecified atom stereocenters. The normalized spacial score (nSPS) is 12.0. The SMILES string of the molecule is CCO[Si](CCCCCCN)(OCC)OCC.CCO[Si](CCCCCCN)(OCC)OCC. The van der Waals surface area contributed by atoms with Crippen LogP contribution in [0, 0.1) is 0 Å². The first kappa shape index (κ1) is 36.3. The van der Waals surface area contributed by atoms with Gasteiger partial charge >= 0.3 is 17.6 Å². The first-order valence-corrected chi connectivity index (χ1v) is 17.6. The fraction of sp³-hybridized carbons (Fsp3) is 1.00. The molecule has 0 amide bonds. The van der Waals surface area contributed by atoms with Gasteiger partial charge in [0.25, 0.3) is 0 Å². The fourth-order valence-corrected chi connectivity index (χ4v) is 9.05. The predicted octanol–water partition coefficient (Wildman–Crippen LogP) is 5.11. The monoisotopic (exact) mass is 526 g/mol. The Hall–Kier alpha value is 0.114. The van der Waals surface area contributed by atoms with E-state index in [0.29, 0.717) is 39.6 Å². The van der Waals surface area contributed by atoms with Crippen LogP contribution in [-0.2, 0) is 26.6 Å². The van der Waals surface area contributed by atoms with Crippen molar-refractivity contribution in [2.45, 2.75) is 105 Å². The predicted molar refractivity (Wildman–Crippen MR) is 146 cm³/mol. The molecule has 0 fully saturated rings. The van der Waals surface area contributed by atoms with Gasteiger partial charge in [-0.05, 0) is 80.3 Å². The highest BCUT2D eigenvalue weighted by Gasteiger charge is 2.40. The Kier molecular flexibility index (Phi) is 27.9. The minimum Gasteiger partial charge on any atom is -0.374 e. The van der Waals surface area contributed by atoms with Gasteiger partial charge in [-0.15, -0.1) is 0 Å². The Bertz CT molecular complexity index is 342. The lowest BCUT2D eigenvalue weighted by Crippen LogP contribution is -2.45. The number of hydrogen-bond donors (Lipinski definition) is 2. The molecule has 208 valence electrons. The van der Waals surface area contributed by atoms with E-state index in [9.17, 15) is 0 Å². The van der Waals surface area contributed by atoms with Crippen LogP contribution in [0.3, 0.4) is 0 Å². The van der Waals surface area contributed by atoms with E-state index in [1.807, 2.05) is 41.5 Å². The molecule has 0 rings (SSSR count). The van der Waals surface area contributed by atoms with Crippen molar-refractivity contribution in [2.24, 2.45) is 11.5 Å². The third-order valence-electron chi connectivity index (χ3n) is 5.06. The molecule has 34 heavy (non-hydrogen) atoms. The summed E-state index contributed by atoms with van der Waals surface area (Å²) < 4.78 is 34.7. The average Bonchev–Trinajstić information content (AvgIpc) is 2.80. The van der Waals surface area contributed by atoms with Gasteiger partial charge in [0.05, 0.1) is 0 Å². The molecule has 0 radical (unpaired) electrons. The van der Waals surface area contributed by atoms with E-state index in [0.717, 1.165) is 50.9 Å². The summed E-state index contributed by atoms with van der Waals surface area (Å²) in [5.41, 5.74) is 10.9. The highest BCUT2D eigenvalue weighted by atomic mass is 28.4. The summed E-state index contributed by atoms with van der Waals surface area (Å²) in [6, 6.07) is 1.85. The molecular formula is C24H58N2O6Si2. The van der Waals surface area contributed by atoms with Crippen LogP contribution in [-0.4, -0.2) is 70.3 Å². The average molecular weight is 527 g/mol. The van der Waals surface area contributed by atoms with Gasteiger partial charge in [-0.1, -0.05) is 25.7 Å². The van der Waals surface area contributed by atoms with E-state index in [1.165, 1.54) is 25.7 Å². The maximum absolute atomic E-state index is 5.79. The largest absolute Gasteiger partial charge is 0.500 e. The summed E-state index contributed by atoms with van der Waals surface area (Å²) in [5, 5.41) is 0. The molecule has 0 saturated heterocycles. The second-order valence-corrected chi connectivity index (χ2v) is 13.3. The lowest BCUT2D eigenvalue weighted by atomic mass is 10.2. The van der Waals surface area contributed by atoms with Gasteiger partial charge < -0.3 is 38.0 Å². The zero-order chi connectivity index (χ0) is 26.0. The van der Waals surface area contributed by atoms with Crippen molar-refractivity contribution in [3.63, 3.8) is 0 Å². The van der Waals surface area contributed by atoms with E-state index in [2.05, 4.69) is 0 Å². The van der Waals surface area contributed by atoms with Gasteiger partial charge in [0.15, 0.2) is 0 Å². The fourth-order valence-electron chi connectivity index (χ4n) is 3.68. The summed E-state index contributed by atoms with van der Waals surface area (Å²) in [5.74, 6) is 0. The first-order chi connectivity index (χ1) is 16.5. The quantitative estimate of drug-likeness (QED) is 0.132. The second-order valence-electron chi connectivity index (χ2n) is 7.87. The van der Waals surface area contributed by atoms with Gasteiger partial charge in [-0.3, -0.25) is 0 Å². The topological polar surface area (TPSA) is 107 Å². The standard InChI is InChI=1S/2C12H29NO3Si/c2*1-4-14-17(15-5-2,16-6-3)12-10-8-7-9-11-13/h2*4-13H2,1-3H3. The third-order valence-corrected chi connectivity index (χ3v) is 11.4. The van der Waals surface area contributed by atoms with Crippen LogP contribution in [0.5, 0.6) is 0 Å². The zero-order valence-electron chi connectivity index (χ0n) is 23.3. The molecule has 0 aliphatic rings. The van der Waals surface area contributed by atoms with Crippen molar-refractivity contribution in [1.82, 2.24) is 0 Å². The summed E-state index contributed by atoms with van der Waals surface area (Å²) in [7, 11) is -4.77. The van der Waals surface area contributed by atoms with Crippen molar-refractivity contribution >= 4 is 17.6 Å². The Morgan fingerprint density at radius 3 is 0.824 bits per heavy atom. The van der Waals surface area contributed by atoms with Crippen molar-refractivity contribution in [3.8, 4) is 0 Å². The number of rotatable bonds is 24. The Balaban J connectivity index is 0. The van der Waals surface area contributed by atoms with Crippen LogP contribution in [0.25, 0.3) is 0 Å². The molecule has 0 bridgehead atoms. The molecule has 0 heterocycles. The summed E-state index contributed by atoms with van der Waals surface area (Å²) in [4.78, 5) is 0. The van der Waals surface area contributed by atoms with Crippen molar-refractivity contribution < 1.29 is 26.6 Å². The van der Waals surface area contributed by atoms with Gasteiger partial charge in [-0.25, -0.2) is 0 Å². The summed E-state index contributed by atoms with van der Waals surface area (Å²) in [6.45, 7) is 17.5. The highest BCUT2D eigenvalue weighted by Crippen LogP contribution is 2.21. The van der Waals surface area contributed by atoms with Crippen molar-refractivity contribution in [1.29, 1.82) is 0 Å². The van der Waals surface area contributed by atoms with Crippen LogP contribution >= 0.6 is 0 Å². The van der Waals surface area contributed by atoms with E-state index in [4.69, 9.17) is 38.0 Å². The van der Waals surface area contributed by atoms with E-state index in [1.54, 1.807) is 0 Å². The minimum absolute atomic E-state index is 0.662. The molecule has 0 aromatic rings. The molecule has 8 nitrogen and oxygen atoms in total. The first-order valence-electron chi connectivity index (χ1n) is 13.7. The van der Waals surface area contributed by atoms with E-state index < -0.39 is 17.6 Å². The van der Waals surface area contributed by atoms with Gasteiger partial charge in [0, 0.05) is 51.7 Å². The number of nitrogens with two attached hydrogens (primary N) is 2. The van der Waals surface area contributed by atoms with Gasteiger partial charge in [-0.2, -0.15) is 0 Å². The van der Waals surface area contributed by atoms with Crippen LogP contribution < -0.4 is 11.5 Å². The number of unbranched alkanes of at least 4 members (excludes halogenated alkanes) is 6. The van der Waals surface area contributed by atoms with Crippen molar-refractivity contribution in [3.05, 3.63) is 0 Å². The summed E-state index contributed by atoms with van der Waals surface area (Å²) >= 11 is 0. The number of hydrogen-bond acceptors (Lipinski definition) is 8. The molecule has 0 aliphatic heterocycles. The molecule has 0 atom stereocenters. The van der Waals surface area contributed by atoms with Gasteiger partial charge in [0.2, 0.25) is 0 Å². The van der Waals surface area contributed by atoms with Crippen LogP contribution in [0.15, 0.2) is 0 Å². The molecule has 10 heteroatoms. The van der Waals surface area contributed by atoms with Gasteiger partial charge in [0.1, 0.15) is 0 Å². The van der Waals surface area contributed by atoms with Crippen LogP contribution in [0.1, 0.15) is 92.9 Å². The maximum atomic E-state index is 5.79. The van der Waals surface area contributed by atoms with Crippen LogP contribution in [0.2, 0.25) is 12.1 Å². The molecule has 0 saturated carbocycles. The second kappa shape index (κ2) is 26.2.